The van der Waals surface area contributed by atoms with E-state index in [0.29, 0.717) is 6.61 Å². The van der Waals surface area contributed by atoms with Crippen molar-refractivity contribution in [3.8, 4) is 23.3 Å². The van der Waals surface area contributed by atoms with Crippen molar-refractivity contribution in [3.05, 3.63) is 84.5 Å². The minimum absolute atomic E-state index is 0.0361. The van der Waals surface area contributed by atoms with Crippen LogP contribution >= 0.6 is 0 Å². The zero-order valence-electron chi connectivity index (χ0n) is 18.7. The summed E-state index contributed by atoms with van der Waals surface area (Å²) in [5.41, 5.74) is 3.30. The number of hydrogen-bond acceptors (Lipinski definition) is 4. The summed E-state index contributed by atoms with van der Waals surface area (Å²) < 4.78 is 7.77. The maximum Gasteiger partial charge on any atom is 0.138 e. The first kappa shape index (κ1) is 22.3. The molecule has 0 radical (unpaired) electrons. The minimum Gasteiger partial charge on any atom is -0.489 e. The fraction of sp³-hybridized carbons (Fsp3) is 0.308. The van der Waals surface area contributed by atoms with E-state index in [4.69, 9.17) is 4.74 Å². The number of nitrogens with zero attached hydrogens (tertiary/aromatic N) is 4. The van der Waals surface area contributed by atoms with Crippen LogP contribution in [0.25, 0.3) is 5.69 Å². The second kappa shape index (κ2) is 10.6. The topological polar surface area (TPSA) is 43.2 Å². The molecule has 1 aromatic heterocycles. The molecule has 3 rings (SSSR count). The summed E-state index contributed by atoms with van der Waals surface area (Å²) in [4.78, 5) is 6.24. The maximum atomic E-state index is 6.04. The number of benzene rings is 2. The van der Waals surface area contributed by atoms with Gasteiger partial charge in [-0.15, -0.1) is 0 Å². The van der Waals surface area contributed by atoms with Crippen molar-refractivity contribution < 1.29 is 4.74 Å². The van der Waals surface area contributed by atoms with Crippen LogP contribution in [0, 0.1) is 17.3 Å². The van der Waals surface area contributed by atoms with Crippen LogP contribution in [0.4, 0.5) is 0 Å². The predicted octanol–water partition coefficient (Wildman–Crippen LogP) is 4.88. The van der Waals surface area contributed by atoms with Gasteiger partial charge >= 0.3 is 0 Å². The smallest absolute Gasteiger partial charge is 0.138 e. The quantitative estimate of drug-likeness (QED) is 0.493. The van der Waals surface area contributed by atoms with Gasteiger partial charge in [0.25, 0.3) is 0 Å². The number of aromatic nitrogens is 3. The Bertz CT molecular complexity index is 1050. The molecule has 0 saturated carbocycles. The van der Waals surface area contributed by atoms with Gasteiger partial charge in [0.1, 0.15) is 25.0 Å². The van der Waals surface area contributed by atoms with Crippen LogP contribution in [0.3, 0.4) is 0 Å². The van der Waals surface area contributed by atoms with Crippen molar-refractivity contribution in [1.29, 1.82) is 0 Å². The van der Waals surface area contributed by atoms with Crippen LogP contribution in [0.15, 0.2) is 73.3 Å². The molecule has 0 aliphatic heterocycles. The molecule has 0 aliphatic carbocycles. The van der Waals surface area contributed by atoms with Crippen LogP contribution in [0.1, 0.15) is 31.9 Å². The first-order chi connectivity index (χ1) is 14.9. The molecular weight excluding hydrogens is 384 g/mol. The molecule has 5 heteroatoms. The number of rotatable bonds is 8. The van der Waals surface area contributed by atoms with E-state index in [-0.39, 0.29) is 5.41 Å². The Labute approximate surface area is 185 Å². The van der Waals surface area contributed by atoms with Crippen LogP contribution in [-0.4, -0.2) is 33.3 Å². The first-order valence-electron chi connectivity index (χ1n) is 10.4. The lowest BCUT2D eigenvalue weighted by atomic mass is 9.98. The average molecular weight is 415 g/mol. The standard InChI is InChI=1S/C26H30N4O/c1-26(2,3)14-6-5-7-15-29(4)18-22-10-9-13-25(17-22)31-19-23-11-8-12-24(16-23)30-21-27-20-28-30/h5,7-13,16-17,20-21H,15,18-19H2,1-4H3/b7-5+. The van der Waals surface area contributed by atoms with E-state index in [9.17, 15) is 0 Å². The van der Waals surface area contributed by atoms with E-state index in [1.807, 2.05) is 36.4 Å². The molecule has 0 aliphatic rings. The fourth-order valence-electron chi connectivity index (χ4n) is 2.96. The zero-order chi connectivity index (χ0) is 22.1. The molecule has 160 valence electrons. The van der Waals surface area contributed by atoms with Gasteiger partial charge in [0.15, 0.2) is 0 Å². The minimum atomic E-state index is 0.0361. The van der Waals surface area contributed by atoms with Gasteiger partial charge < -0.3 is 4.74 Å². The molecule has 31 heavy (non-hydrogen) atoms. The molecule has 0 N–H and O–H groups in total. The summed E-state index contributed by atoms with van der Waals surface area (Å²) in [7, 11) is 2.10. The third-order valence-corrected chi connectivity index (χ3v) is 4.42. The summed E-state index contributed by atoms with van der Waals surface area (Å²) in [5, 5.41) is 4.18. The van der Waals surface area contributed by atoms with Crippen LogP contribution in [0.5, 0.6) is 5.75 Å². The van der Waals surface area contributed by atoms with Gasteiger partial charge in [0.2, 0.25) is 0 Å². The summed E-state index contributed by atoms with van der Waals surface area (Å²) >= 11 is 0. The highest BCUT2D eigenvalue weighted by Gasteiger charge is 2.04. The zero-order valence-corrected chi connectivity index (χ0v) is 18.7. The lowest BCUT2D eigenvalue weighted by molar-refractivity contribution is 0.304. The van der Waals surface area contributed by atoms with E-state index in [0.717, 1.165) is 30.1 Å². The number of allylic oxidation sites excluding steroid dienone is 1. The molecule has 0 amide bonds. The third kappa shape index (κ3) is 7.76. The van der Waals surface area contributed by atoms with Gasteiger partial charge in [0, 0.05) is 18.5 Å². The van der Waals surface area contributed by atoms with Gasteiger partial charge in [-0.2, -0.15) is 5.10 Å². The molecule has 0 saturated heterocycles. The fourth-order valence-corrected chi connectivity index (χ4v) is 2.96. The van der Waals surface area contributed by atoms with E-state index in [1.54, 1.807) is 11.0 Å². The van der Waals surface area contributed by atoms with E-state index < -0.39 is 0 Å². The second-order valence-electron chi connectivity index (χ2n) is 8.56. The van der Waals surface area contributed by atoms with E-state index >= 15 is 0 Å². The molecule has 2 aromatic carbocycles. The van der Waals surface area contributed by atoms with Crippen molar-refractivity contribution in [2.75, 3.05) is 13.6 Å². The molecule has 0 atom stereocenters. The molecular formula is C26H30N4O. The maximum absolute atomic E-state index is 6.04. The highest BCUT2D eigenvalue weighted by Crippen LogP contribution is 2.17. The summed E-state index contributed by atoms with van der Waals surface area (Å²) in [6.07, 6.45) is 7.25. The summed E-state index contributed by atoms with van der Waals surface area (Å²) in [6.45, 7) is 8.53. The number of hydrogen-bond donors (Lipinski definition) is 0. The monoisotopic (exact) mass is 414 g/mol. The van der Waals surface area contributed by atoms with Crippen molar-refractivity contribution in [1.82, 2.24) is 19.7 Å². The van der Waals surface area contributed by atoms with E-state index in [1.165, 1.54) is 11.9 Å². The van der Waals surface area contributed by atoms with Gasteiger partial charge in [0.05, 0.1) is 5.69 Å². The lowest BCUT2D eigenvalue weighted by Gasteiger charge is -2.15. The Kier molecular flexibility index (Phi) is 7.64. The lowest BCUT2D eigenvalue weighted by Crippen LogP contribution is -2.17. The van der Waals surface area contributed by atoms with E-state index in [2.05, 4.69) is 78.9 Å². The summed E-state index contributed by atoms with van der Waals surface area (Å²) in [6, 6.07) is 16.4. The first-order valence-corrected chi connectivity index (χ1v) is 10.4. The largest absolute Gasteiger partial charge is 0.489 e. The van der Waals surface area contributed by atoms with Crippen LogP contribution in [0.2, 0.25) is 0 Å². The van der Waals surface area contributed by atoms with Gasteiger partial charge in [-0.1, -0.05) is 42.2 Å². The normalized spacial score (nSPS) is 11.5. The molecule has 0 unspecified atom stereocenters. The highest BCUT2D eigenvalue weighted by atomic mass is 16.5. The molecule has 0 spiro atoms. The SMILES string of the molecule is CN(C/C=C/C#CC(C)(C)C)Cc1cccc(OCc2cccc(-n3cncn3)c2)c1. The Morgan fingerprint density at radius 1 is 1.10 bits per heavy atom. The Balaban J connectivity index is 1.53. The third-order valence-electron chi connectivity index (χ3n) is 4.42. The van der Waals surface area contributed by atoms with Crippen molar-refractivity contribution in [2.45, 2.75) is 33.9 Å². The van der Waals surface area contributed by atoms with Crippen LogP contribution in [-0.2, 0) is 13.2 Å². The molecule has 0 fully saturated rings. The molecule has 0 bridgehead atoms. The number of likely N-dealkylation sites (N-methyl/N-ethyl adjacent to an activating group) is 1. The Morgan fingerprint density at radius 2 is 1.90 bits per heavy atom. The Hall–Kier alpha value is -3.36. The molecule has 5 nitrogen and oxygen atoms in total. The van der Waals surface area contributed by atoms with Gasteiger partial charge in [-0.3, -0.25) is 4.90 Å². The number of ether oxygens (including phenoxy) is 1. The summed E-state index contributed by atoms with van der Waals surface area (Å²) in [5.74, 6) is 7.19. The van der Waals surface area contributed by atoms with Crippen LogP contribution < -0.4 is 4.74 Å². The average Bonchev–Trinajstić information content (AvgIpc) is 3.27. The van der Waals surface area contributed by atoms with Crippen molar-refractivity contribution >= 4 is 0 Å². The second-order valence-corrected chi connectivity index (χ2v) is 8.56. The molecule has 3 aromatic rings. The van der Waals surface area contributed by atoms with Gasteiger partial charge in [-0.05, 0) is 69.3 Å². The van der Waals surface area contributed by atoms with Gasteiger partial charge in [-0.25, -0.2) is 9.67 Å². The predicted molar refractivity (Wildman–Crippen MR) is 125 cm³/mol. The molecule has 1 heterocycles. The van der Waals surface area contributed by atoms with Crippen molar-refractivity contribution in [2.24, 2.45) is 5.41 Å². The highest BCUT2D eigenvalue weighted by molar-refractivity contribution is 5.35. The van der Waals surface area contributed by atoms with Crippen molar-refractivity contribution in [3.63, 3.8) is 0 Å². The Morgan fingerprint density at radius 3 is 2.68 bits per heavy atom.